The van der Waals surface area contributed by atoms with Gasteiger partial charge < -0.3 is 10.1 Å². The van der Waals surface area contributed by atoms with Crippen molar-refractivity contribution >= 4 is 16.2 Å². The fourth-order valence-electron chi connectivity index (χ4n) is 2.54. The second-order valence-electron chi connectivity index (χ2n) is 6.74. The molecule has 0 saturated heterocycles. The first-order valence-electron chi connectivity index (χ1n) is 7.49. The number of aryl methyl sites for hydroxylation is 1. The molecule has 0 unspecified atom stereocenters. The van der Waals surface area contributed by atoms with Gasteiger partial charge in [0.25, 0.3) is 10.1 Å². The van der Waals surface area contributed by atoms with Crippen LogP contribution in [0.4, 0.5) is 4.79 Å². The van der Waals surface area contributed by atoms with Gasteiger partial charge in [-0.2, -0.15) is 8.42 Å². The zero-order valence-electron chi connectivity index (χ0n) is 13.9. The standard InChI is InChI=1S/C16H23NO5S/c1-16(2,3)22-15(18)17-14-8-6-12-9-11(5-7-13(12)14)10-21-23(4,19)20/h5,7,9,14H,6,8,10H2,1-4H3,(H,17,18)/t14-/m0/s1. The lowest BCUT2D eigenvalue weighted by atomic mass is 10.1. The quantitative estimate of drug-likeness (QED) is 0.852. The SMILES string of the molecule is CC(C)(C)OC(=O)N[C@H]1CCc2cc(COS(C)(=O)=O)ccc21. The van der Waals surface area contributed by atoms with Gasteiger partial charge in [-0.05, 0) is 50.3 Å². The van der Waals surface area contributed by atoms with E-state index in [4.69, 9.17) is 8.92 Å². The van der Waals surface area contributed by atoms with Crippen LogP contribution >= 0.6 is 0 Å². The minimum absolute atomic E-state index is 0.0241. The van der Waals surface area contributed by atoms with Gasteiger partial charge in [-0.3, -0.25) is 4.18 Å². The first-order valence-corrected chi connectivity index (χ1v) is 9.31. The van der Waals surface area contributed by atoms with E-state index in [0.717, 1.165) is 35.8 Å². The summed E-state index contributed by atoms with van der Waals surface area (Å²) in [5.74, 6) is 0. The summed E-state index contributed by atoms with van der Waals surface area (Å²) in [4.78, 5) is 11.9. The number of carbonyl (C=O) groups is 1. The summed E-state index contributed by atoms with van der Waals surface area (Å²) in [7, 11) is -3.45. The fraction of sp³-hybridized carbons (Fsp3) is 0.562. The zero-order chi connectivity index (χ0) is 17.3. The molecule has 1 aliphatic rings. The molecule has 128 valence electrons. The second-order valence-corrected chi connectivity index (χ2v) is 8.38. The Morgan fingerprint density at radius 3 is 2.65 bits per heavy atom. The van der Waals surface area contributed by atoms with Crippen molar-refractivity contribution in [3.63, 3.8) is 0 Å². The molecule has 1 N–H and O–H groups in total. The molecule has 6 nitrogen and oxygen atoms in total. The number of hydrogen-bond acceptors (Lipinski definition) is 5. The smallest absolute Gasteiger partial charge is 0.408 e. The Hall–Kier alpha value is -1.60. The molecule has 7 heteroatoms. The summed E-state index contributed by atoms with van der Waals surface area (Å²) < 4.78 is 32.2. The van der Waals surface area contributed by atoms with Crippen molar-refractivity contribution < 1.29 is 22.1 Å². The van der Waals surface area contributed by atoms with Crippen LogP contribution in [0.3, 0.4) is 0 Å². The molecule has 0 aromatic heterocycles. The van der Waals surface area contributed by atoms with Gasteiger partial charge in [0.1, 0.15) is 5.60 Å². The highest BCUT2D eigenvalue weighted by molar-refractivity contribution is 7.85. The molecule has 0 aliphatic heterocycles. The molecule has 0 fully saturated rings. The minimum atomic E-state index is -3.45. The van der Waals surface area contributed by atoms with Crippen molar-refractivity contribution in [1.29, 1.82) is 0 Å². The molecule has 2 rings (SSSR count). The highest BCUT2D eigenvalue weighted by Crippen LogP contribution is 2.32. The van der Waals surface area contributed by atoms with E-state index in [2.05, 4.69) is 5.32 Å². The third kappa shape index (κ3) is 5.51. The normalized spacial score (nSPS) is 17.7. The molecule has 0 heterocycles. The number of fused-ring (bicyclic) bond motifs is 1. The summed E-state index contributed by atoms with van der Waals surface area (Å²) in [5.41, 5.74) is 2.41. The predicted octanol–water partition coefficient (Wildman–Crippen LogP) is 2.67. The van der Waals surface area contributed by atoms with Gasteiger partial charge in [0.15, 0.2) is 0 Å². The number of amides is 1. The molecule has 23 heavy (non-hydrogen) atoms. The van der Waals surface area contributed by atoms with E-state index in [1.54, 1.807) is 0 Å². The number of ether oxygens (including phenoxy) is 1. The Morgan fingerprint density at radius 1 is 1.35 bits per heavy atom. The van der Waals surface area contributed by atoms with Gasteiger partial charge in [-0.25, -0.2) is 4.79 Å². The van der Waals surface area contributed by atoms with Crippen LogP contribution in [0.25, 0.3) is 0 Å². The van der Waals surface area contributed by atoms with E-state index in [-0.39, 0.29) is 12.6 Å². The number of carbonyl (C=O) groups excluding carboxylic acids is 1. The molecule has 1 aromatic rings. The van der Waals surface area contributed by atoms with Crippen molar-refractivity contribution in [2.24, 2.45) is 0 Å². The lowest BCUT2D eigenvalue weighted by Crippen LogP contribution is -2.34. The van der Waals surface area contributed by atoms with E-state index in [9.17, 15) is 13.2 Å². The number of benzene rings is 1. The van der Waals surface area contributed by atoms with Gasteiger partial charge >= 0.3 is 6.09 Å². The predicted molar refractivity (Wildman–Crippen MR) is 86.5 cm³/mol. The third-order valence-corrected chi connectivity index (χ3v) is 3.96. The Balaban J connectivity index is 2.02. The van der Waals surface area contributed by atoms with Gasteiger partial charge in [0.05, 0.1) is 18.9 Å². The summed E-state index contributed by atoms with van der Waals surface area (Å²) in [6.07, 6.45) is 2.22. The van der Waals surface area contributed by atoms with E-state index in [1.807, 2.05) is 39.0 Å². The zero-order valence-corrected chi connectivity index (χ0v) is 14.7. The first-order chi connectivity index (χ1) is 10.5. The molecule has 0 saturated carbocycles. The van der Waals surface area contributed by atoms with Crippen LogP contribution < -0.4 is 5.32 Å². The molecule has 0 spiro atoms. The molecule has 1 aromatic carbocycles. The van der Waals surface area contributed by atoms with Crippen molar-refractivity contribution in [3.8, 4) is 0 Å². The Bertz CT molecular complexity index is 691. The summed E-state index contributed by atoms with van der Waals surface area (Å²) in [6, 6.07) is 5.58. The average Bonchev–Trinajstić information content (AvgIpc) is 2.76. The van der Waals surface area contributed by atoms with Crippen molar-refractivity contribution in [2.45, 2.75) is 51.9 Å². The van der Waals surface area contributed by atoms with Crippen molar-refractivity contribution in [3.05, 3.63) is 34.9 Å². The lowest BCUT2D eigenvalue weighted by molar-refractivity contribution is 0.0503. The van der Waals surface area contributed by atoms with E-state index >= 15 is 0 Å². The Labute approximate surface area is 137 Å². The van der Waals surface area contributed by atoms with Crippen LogP contribution in [0.2, 0.25) is 0 Å². The first kappa shape index (κ1) is 17.7. The average molecular weight is 341 g/mol. The number of hydrogen-bond donors (Lipinski definition) is 1. The summed E-state index contributed by atoms with van der Waals surface area (Å²) >= 11 is 0. The highest BCUT2D eigenvalue weighted by atomic mass is 32.2. The molecule has 0 radical (unpaired) electrons. The van der Waals surface area contributed by atoms with Gasteiger partial charge in [0, 0.05) is 0 Å². The monoisotopic (exact) mass is 341 g/mol. The van der Waals surface area contributed by atoms with Crippen LogP contribution in [-0.2, 0) is 32.1 Å². The third-order valence-electron chi connectivity index (χ3n) is 3.42. The van der Waals surface area contributed by atoms with Gasteiger partial charge in [-0.1, -0.05) is 18.2 Å². The van der Waals surface area contributed by atoms with Crippen LogP contribution in [-0.4, -0.2) is 26.4 Å². The molecular formula is C16H23NO5S. The summed E-state index contributed by atoms with van der Waals surface area (Å²) in [5, 5.41) is 2.88. The number of nitrogens with one attached hydrogen (secondary N) is 1. The maximum absolute atomic E-state index is 11.9. The van der Waals surface area contributed by atoms with Crippen LogP contribution in [0.1, 0.15) is 49.9 Å². The van der Waals surface area contributed by atoms with E-state index in [1.165, 1.54) is 0 Å². The Morgan fingerprint density at radius 2 is 2.04 bits per heavy atom. The molecule has 0 bridgehead atoms. The lowest BCUT2D eigenvalue weighted by Gasteiger charge is -2.22. The molecule has 1 aliphatic carbocycles. The number of alkyl carbamates (subject to hydrolysis) is 1. The molecule has 1 atom stereocenters. The van der Waals surface area contributed by atoms with Crippen LogP contribution in [0.15, 0.2) is 18.2 Å². The van der Waals surface area contributed by atoms with Crippen molar-refractivity contribution in [2.75, 3.05) is 6.26 Å². The molecular weight excluding hydrogens is 318 g/mol. The van der Waals surface area contributed by atoms with Crippen LogP contribution in [0.5, 0.6) is 0 Å². The maximum atomic E-state index is 11.9. The van der Waals surface area contributed by atoms with E-state index < -0.39 is 21.8 Å². The van der Waals surface area contributed by atoms with Crippen LogP contribution in [0, 0.1) is 0 Å². The molecule has 1 amide bonds. The van der Waals surface area contributed by atoms with Crippen molar-refractivity contribution in [1.82, 2.24) is 5.32 Å². The second kappa shape index (κ2) is 6.49. The Kier molecular flexibility index (Phi) is 5.01. The highest BCUT2D eigenvalue weighted by Gasteiger charge is 2.26. The topological polar surface area (TPSA) is 81.7 Å². The summed E-state index contributed by atoms with van der Waals surface area (Å²) in [6.45, 7) is 5.49. The fourth-order valence-corrected chi connectivity index (χ4v) is 2.89. The maximum Gasteiger partial charge on any atom is 0.408 e. The van der Waals surface area contributed by atoms with Gasteiger partial charge in [0.2, 0.25) is 0 Å². The van der Waals surface area contributed by atoms with Gasteiger partial charge in [-0.15, -0.1) is 0 Å². The van der Waals surface area contributed by atoms with E-state index in [0.29, 0.717) is 0 Å². The largest absolute Gasteiger partial charge is 0.444 e. The number of rotatable bonds is 4. The minimum Gasteiger partial charge on any atom is -0.444 e.